The van der Waals surface area contributed by atoms with Crippen LogP contribution >= 0.6 is 0 Å². The van der Waals surface area contributed by atoms with Gasteiger partial charge < -0.3 is 13.8 Å². The maximum absolute atomic E-state index is 3.60. The maximum Gasteiger partial charge on any atom is 2.00 e. The summed E-state index contributed by atoms with van der Waals surface area (Å²) in [5.74, 6) is 0. The summed E-state index contributed by atoms with van der Waals surface area (Å²) in [7, 11) is 0. The standard InChI is InChI=1S/2C4H9.Cr/c2*1-3-4-2;/h2*1,3-4H2,2H3;/q2*-1;+2. The number of rotatable bonds is 2. The van der Waals surface area contributed by atoms with Gasteiger partial charge in [0.1, 0.15) is 0 Å². The van der Waals surface area contributed by atoms with Crippen molar-refractivity contribution in [2.75, 3.05) is 0 Å². The van der Waals surface area contributed by atoms with Crippen molar-refractivity contribution in [1.29, 1.82) is 0 Å². The van der Waals surface area contributed by atoms with Crippen LogP contribution in [0.5, 0.6) is 0 Å². The second-order valence-electron chi connectivity index (χ2n) is 1.71. The van der Waals surface area contributed by atoms with Crippen molar-refractivity contribution in [3.8, 4) is 0 Å². The molecule has 0 fully saturated rings. The van der Waals surface area contributed by atoms with E-state index in [1.165, 1.54) is 12.8 Å². The Morgan fingerprint density at radius 1 is 0.889 bits per heavy atom. The molecule has 0 rings (SSSR count). The van der Waals surface area contributed by atoms with Gasteiger partial charge in [0.15, 0.2) is 0 Å². The normalized spacial score (nSPS) is 6.67. The zero-order valence-corrected chi connectivity index (χ0v) is 7.93. The van der Waals surface area contributed by atoms with E-state index in [9.17, 15) is 0 Å². The van der Waals surface area contributed by atoms with Crippen LogP contribution in [-0.2, 0) is 17.4 Å². The minimum atomic E-state index is 0. The average Bonchev–Trinajstić information content (AvgIpc) is 1.88. The van der Waals surface area contributed by atoms with Crippen molar-refractivity contribution in [2.45, 2.75) is 39.5 Å². The molecule has 0 saturated heterocycles. The minimum absolute atomic E-state index is 0. The van der Waals surface area contributed by atoms with Gasteiger partial charge in [0.2, 0.25) is 0 Å². The van der Waals surface area contributed by atoms with Gasteiger partial charge in [0.05, 0.1) is 0 Å². The smallest absolute Gasteiger partial charge is 0.343 e. The molecular formula is C8H18Cr. The Bertz CT molecular complexity index is 12.5. The second-order valence-corrected chi connectivity index (χ2v) is 1.71. The van der Waals surface area contributed by atoms with Crippen LogP contribution in [0.4, 0.5) is 0 Å². The third-order valence-corrected chi connectivity index (χ3v) is 0.707. The first kappa shape index (κ1) is 16.3. The SMILES string of the molecule is [CH2-]CCC.[CH2-]CCC.[Cr+2]. The number of hydrogen-bond acceptors (Lipinski definition) is 0. The van der Waals surface area contributed by atoms with Crippen molar-refractivity contribution in [3.63, 3.8) is 0 Å². The molecule has 0 nitrogen and oxygen atoms in total. The Hall–Kier alpha value is 0.532. The zero-order chi connectivity index (χ0) is 6.83. The molecule has 0 unspecified atom stereocenters. The molecule has 0 amide bonds. The molecule has 0 atom stereocenters. The maximum atomic E-state index is 3.60. The van der Waals surface area contributed by atoms with Gasteiger partial charge >= 0.3 is 17.4 Å². The molecule has 0 aliphatic carbocycles. The summed E-state index contributed by atoms with van der Waals surface area (Å²) in [5, 5.41) is 0. The Kier molecular flexibility index (Phi) is 42.6. The molecule has 0 radical (unpaired) electrons. The van der Waals surface area contributed by atoms with Crippen LogP contribution in [0.2, 0.25) is 0 Å². The molecule has 0 spiro atoms. The summed E-state index contributed by atoms with van der Waals surface area (Å²) >= 11 is 0. The van der Waals surface area contributed by atoms with Crippen molar-refractivity contribution < 1.29 is 17.4 Å². The van der Waals surface area contributed by atoms with Crippen molar-refractivity contribution >= 4 is 0 Å². The van der Waals surface area contributed by atoms with E-state index < -0.39 is 0 Å². The molecule has 0 aromatic heterocycles. The van der Waals surface area contributed by atoms with Gasteiger partial charge in [0, 0.05) is 0 Å². The van der Waals surface area contributed by atoms with Gasteiger partial charge in [-0.05, 0) is 0 Å². The van der Waals surface area contributed by atoms with E-state index >= 15 is 0 Å². The van der Waals surface area contributed by atoms with Gasteiger partial charge in [-0.25, -0.2) is 0 Å². The molecule has 0 bridgehead atoms. The summed E-state index contributed by atoms with van der Waals surface area (Å²) in [5.41, 5.74) is 0. The Morgan fingerprint density at radius 3 is 1.00 bits per heavy atom. The first-order valence-electron chi connectivity index (χ1n) is 3.41. The Morgan fingerprint density at radius 2 is 1.00 bits per heavy atom. The Balaban J connectivity index is -0.0000000720. The number of unbranched alkanes of at least 4 members (excludes halogenated alkanes) is 2. The fourth-order valence-corrected chi connectivity index (χ4v) is 0. The zero-order valence-electron chi connectivity index (χ0n) is 6.65. The molecule has 0 aromatic carbocycles. The summed E-state index contributed by atoms with van der Waals surface area (Å²) in [6.07, 6.45) is 4.56. The van der Waals surface area contributed by atoms with Crippen LogP contribution in [0, 0.1) is 13.8 Å². The van der Waals surface area contributed by atoms with E-state index in [-0.39, 0.29) is 17.4 Å². The molecule has 0 aliphatic rings. The molecule has 0 aromatic rings. The predicted molar refractivity (Wildman–Crippen MR) is 40.5 cm³/mol. The van der Waals surface area contributed by atoms with Crippen LogP contribution < -0.4 is 0 Å². The van der Waals surface area contributed by atoms with E-state index in [2.05, 4.69) is 27.7 Å². The molecule has 1 heteroatoms. The third kappa shape index (κ3) is 56.8. The third-order valence-electron chi connectivity index (χ3n) is 0.707. The predicted octanol–water partition coefficient (Wildman–Crippen LogP) is 3.24. The molecule has 0 saturated carbocycles. The fourth-order valence-electron chi connectivity index (χ4n) is 0. The van der Waals surface area contributed by atoms with Crippen LogP contribution in [0.3, 0.4) is 0 Å². The molecule has 0 N–H and O–H groups in total. The molecule has 9 heavy (non-hydrogen) atoms. The quantitative estimate of drug-likeness (QED) is 0.552. The van der Waals surface area contributed by atoms with E-state index in [4.69, 9.17) is 0 Å². The van der Waals surface area contributed by atoms with Crippen molar-refractivity contribution in [3.05, 3.63) is 13.8 Å². The van der Waals surface area contributed by atoms with Crippen LogP contribution in [0.25, 0.3) is 0 Å². The van der Waals surface area contributed by atoms with Gasteiger partial charge in [-0.2, -0.15) is 12.8 Å². The van der Waals surface area contributed by atoms with Gasteiger partial charge in [0.25, 0.3) is 0 Å². The summed E-state index contributed by atoms with van der Waals surface area (Å²) in [6.45, 7) is 11.4. The van der Waals surface area contributed by atoms with Crippen molar-refractivity contribution in [1.82, 2.24) is 0 Å². The monoisotopic (exact) mass is 166 g/mol. The molecule has 56 valence electrons. The van der Waals surface area contributed by atoms with Crippen LogP contribution in [0.15, 0.2) is 0 Å². The summed E-state index contributed by atoms with van der Waals surface area (Å²) < 4.78 is 0. The molecular weight excluding hydrogens is 148 g/mol. The topological polar surface area (TPSA) is 0 Å². The van der Waals surface area contributed by atoms with Gasteiger partial charge in [-0.1, -0.05) is 26.7 Å². The molecule has 0 heterocycles. The van der Waals surface area contributed by atoms with Crippen LogP contribution in [0.1, 0.15) is 39.5 Å². The average molecular weight is 166 g/mol. The van der Waals surface area contributed by atoms with E-state index in [1.54, 1.807) is 0 Å². The largest absolute Gasteiger partial charge is 2.00 e. The van der Waals surface area contributed by atoms with Crippen LogP contribution in [-0.4, -0.2) is 0 Å². The molecule has 0 aliphatic heterocycles. The minimum Gasteiger partial charge on any atom is -0.343 e. The fraction of sp³-hybridized carbons (Fsp3) is 0.750. The van der Waals surface area contributed by atoms with Gasteiger partial charge in [-0.3, -0.25) is 0 Å². The first-order chi connectivity index (χ1) is 3.83. The van der Waals surface area contributed by atoms with E-state index in [1.807, 2.05) is 0 Å². The first-order valence-corrected chi connectivity index (χ1v) is 3.41. The van der Waals surface area contributed by atoms with E-state index in [0.29, 0.717) is 0 Å². The second kappa shape index (κ2) is 23.6. The van der Waals surface area contributed by atoms with Crippen molar-refractivity contribution in [2.24, 2.45) is 0 Å². The Labute approximate surface area is 71.2 Å². The summed E-state index contributed by atoms with van der Waals surface area (Å²) in [6, 6.07) is 0. The number of hydrogen-bond donors (Lipinski definition) is 0. The summed E-state index contributed by atoms with van der Waals surface area (Å²) in [4.78, 5) is 0. The van der Waals surface area contributed by atoms with E-state index in [0.717, 1.165) is 12.8 Å². The van der Waals surface area contributed by atoms with Gasteiger partial charge in [-0.15, -0.1) is 0 Å².